The Balaban J connectivity index is 4.02. The van der Waals surface area contributed by atoms with E-state index < -0.39 is 26.5 Å². The Morgan fingerprint density at radius 1 is 0.388 bits per heavy atom. The van der Waals surface area contributed by atoms with Crippen molar-refractivity contribution in [1.29, 1.82) is 0 Å². The van der Waals surface area contributed by atoms with Crippen LogP contribution in [0, 0.1) is 0 Å². The van der Waals surface area contributed by atoms with Gasteiger partial charge in [-0.05, 0) is 70.6 Å². The minimum atomic E-state index is -4.39. The Morgan fingerprint density at radius 3 is 1.00 bits per heavy atom. The number of phosphoric ester groups is 1. The van der Waals surface area contributed by atoms with Crippen LogP contribution < -0.4 is 0 Å². The number of likely N-dealkylation sites (N-methyl/N-ethyl adjacent to an activating group) is 1. The SMILES string of the molecule is CCCCCCC/C=C\C/C=C\CCCCCCCCCCCCCCCCCCCC(=O)OC(COC(=O)CCCCCCCCCCCCCCCCC/C=C\CCCCCCCCCC)COP(=O)(O)OCC[N+](C)(C)C. The Bertz CT molecular complexity index is 1440. The molecule has 0 fully saturated rings. The molecule has 0 aliphatic rings. The van der Waals surface area contributed by atoms with Crippen molar-refractivity contribution < 1.29 is 42.1 Å². The van der Waals surface area contributed by atoms with Crippen LogP contribution in [-0.2, 0) is 32.7 Å². The average Bonchev–Trinajstić information content (AvgIpc) is 3.42. The summed E-state index contributed by atoms with van der Waals surface area (Å²) in [5.74, 6) is -0.777. The van der Waals surface area contributed by atoms with Crippen molar-refractivity contribution >= 4 is 19.8 Å². The van der Waals surface area contributed by atoms with Gasteiger partial charge in [0.25, 0.3) is 0 Å². The van der Waals surface area contributed by atoms with Crippen LogP contribution in [0.15, 0.2) is 36.5 Å². The average molecular weight is 1150 g/mol. The van der Waals surface area contributed by atoms with Gasteiger partial charge in [0, 0.05) is 12.8 Å². The molecular formula is C70H135NO8P+. The third-order valence-electron chi connectivity index (χ3n) is 15.6. The molecule has 0 radical (unpaired) electrons. The molecule has 0 bridgehead atoms. The summed E-state index contributed by atoms with van der Waals surface area (Å²) in [7, 11) is 1.50. The van der Waals surface area contributed by atoms with Crippen molar-refractivity contribution in [3.8, 4) is 0 Å². The number of esters is 2. The van der Waals surface area contributed by atoms with Gasteiger partial charge in [-0.15, -0.1) is 0 Å². The molecule has 9 nitrogen and oxygen atoms in total. The molecule has 80 heavy (non-hydrogen) atoms. The molecule has 2 unspecified atom stereocenters. The standard InChI is InChI=1S/C70H134NO8P/c1-6-8-10-12-14-16-18-20-22-24-26-28-30-32-34-35-37-39-41-43-45-47-49-51-53-55-57-59-61-63-70(73)79-68(67-78-80(74,75)77-65-64-71(3,4)5)66-76-69(72)62-60-58-56-54-52-50-48-46-44-42-40-38-36-33-31-29-27-25-23-21-19-17-15-13-11-9-7-2/h18,20,24-27,68H,6-17,19,21-23,28-67H2,1-5H3/p+1/b20-18-,26-24-,27-25-. The van der Waals surface area contributed by atoms with Crippen molar-refractivity contribution in [2.24, 2.45) is 0 Å². The van der Waals surface area contributed by atoms with Gasteiger partial charge in [-0.1, -0.05) is 301 Å². The first kappa shape index (κ1) is 78.2. The van der Waals surface area contributed by atoms with E-state index in [1.807, 2.05) is 21.1 Å². The van der Waals surface area contributed by atoms with E-state index in [2.05, 4.69) is 50.3 Å². The number of rotatable bonds is 65. The lowest BCUT2D eigenvalue weighted by Crippen LogP contribution is -2.37. The Hall–Kier alpha value is -1.77. The molecule has 0 aromatic heterocycles. The number of hydrogen-bond donors (Lipinski definition) is 1. The molecule has 0 amide bonds. The van der Waals surface area contributed by atoms with E-state index >= 15 is 0 Å². The first-order chi connectivity index (χ1) is 39.0. The summed E-state index contributed by atoms with van der Waals surface area (Å²) in [6, 6.07) is 0. The molecule has 10 heteroatoms. The van der Waals surface area contributed by atoms with E-state index in [-0.39, 0.29) is 25.6 Å². The zero-order chi connectivity index (χ0) is 58.4. The van der Waals surface area contributed by atoms with E-state index in [1.54, 1.807) is 0 Å². The van der Waals surface area contributed by atoms with E-state index in [4.69, 9.17) is 18.5 Å². The number of nitrogens with zero attached hydrogens (tertiary/aromatic N) is 1. The molecule has 0 rings (SSSR count). The molecule has 472 valence electrons. The fourth-order valence-corrected chi connectivity index (χ4v) is 11.0. The third kappa shape index (κ3) is 65.4. The summed E-state index contributed by atoms with van der Waals surface area (Å²) in [4.78, 5) is 35.9. The smallest absolute Gasteiger partial charge is 0.462 e. The highest BCUT2D eigenvalue weighted by atomic mass is 31.2. The predicted octanol–water partition coefficient (Wildman–Crippen LogP) is 22.3. The van der Waals surface area contributed by atoms with E-state index in [0.29, 0.717) is 23.9 Å². The number of ether oxygens (including phenoxy) is 2. The number of phosphoric acid groups is 1. The second kappa shape index (κ2) is 61.8. The molecule has 0 aliphatic carbocycles. The van der Waals surface area contributed by atoms with E-state index in [9.17, 15) is 19.0 Å². The zero-order valence-corrected chi connectivity index (χ0v) is 54.7. The van der Waals surface area contributed by atoms with Gasteiger partial charge >= 0.3 is 19.8 Å². The molecule has 2 atom stereocenters. The highest BCUT2D eigenvalue weighted by Gasteiger charge is 2.27. The monoisotopic (exact) mass is 1150 g/mol. The normalized spacial score (nSPS) is 13.3. The number of quaternary nitrogens is 1. The van der Waals surface area contributed by atoms with Crippen LogP contribution in [0.3, 0.4) is 0 Å². The second-order valence-corrected chi connectivity index (χ2v) is 26.4. The zero-order valence-electron chi connectivity index (χ0n) is 53.8. The topological polar surface area (TPSA) is 108 Å². The van der Waals surface area contributed by atoms with Gasteiger partial charge in [0.15, 0.2) is 6.10 Å². The van der Waals surface area contributed by atoms with Crippen molar-refractivity contribution in [2.75, 3.05) is 47.5 Å². The van der Waals surface area contributed by atoms with Crippen LogP contribution in [-0.4, -0.2) is 74.9 Å². The minimum Gasteiger partial charge on any atom is -0.462 e. The Morgan fingerprint density at radius 2 is 0.675 bits per heavy atom. The largest absolute Gasteiger partial charge is 0.472 e. The van der Waals surface area contributed by atoms with Gasteiger partial charge in [0.2, 0.25) is 0 Å². The molecular weight excluding hydrogens is 1010 g/mol. The second-order valence-electron chi connectivity index (χ2n) is 24.9. The molecule has 0 saturated heterocycles. The summed E-state index contributed by atoms with van der Waals surface area (Å²) < 4.78 is 34.7. The Kier molecular flexibility index (Phi) is 60.4. The fraction of sp³-hybridized carbons (Fsp3) is 0.886. The Labute approximate surface area is 497 Å². The van der Waals surface area contributed by atoms with Crippen LogP contribution in [0.2, 0.25) is 0 Å². The molecule has 0 aromatic carbocycles. The molecule has 0 spiro atoms. The van der Waals surface area contributed by atoms with Gasteiger partial charge < -0.3 is 18.9 Å². The first-order valence-electron chi connectivity index (χ1n) is 34.7. The van der Waals surface area contributed by atoms with Gasteiger partial charge in [-0.3, -0.25) is 18.6 Å². The van der Waals surface area contributed by atoms with Gasteiger partial charge in [-0.25, -0.2) is 4.57 Å². The number of unbranched alkanes of at least 4 members (excludes halogenated alkanes) is 45. The lowest BCUT2D eigenvalue weighted by atomic mass is 10.0. The minimum absolute atomic E-state index is 0.0342. The van der Waals surface area contributed by atoms with E-state index in [0.717, 1.165) is 38.5 Å². The van der Waals surface area contributed by atoms with Crippen LogP contribution in [0.5, 0.6) is 0 Å². The van der Waals surface area contributed by atoms with Crippen molar-refractivity contribution in [1.82, 2.24) is 0 Å². The van der Waals surface area contributed by atoms with E-state index in [1.165, 1.54) is 276 Å². The van der Waals surface area contributed by atoms with Gasteiger partial charge in [0.1, 0.15) is 19.8 Å². The summed E-state index contributed by atoms with van der Waals surface area (Å²) in [6.07, 6.45) is 78.2. The lowest BCUT2D eigenvalue weighted by molar-refractivity contribution is -0.870. The highest BCUT2D eigenvalue weighted by Crippen LogP contribution is 2.43. The molecule has 0 aliphatic heterocycles. The van der Waals surface area contributed by atoms with Gasteiger partial charge in [-0.2, -0.15) is 0 Å². The molecule has 1 N–H and O–H groups in total. The maximum absolute atomic E-state index is 12.9. The van der Waals surface area contributed by atoms with Crippen LogP contribution in [0.4, 0.5) is 0 Å². The first-order valence-corrected chi connectivity index (χ1v) is 36.2. The number of hydrogen-bond acceptors (Lipinski definition) is 7. The number of allylic oxidation sites excluding steroid dienone is 6. The molecule has 0 saturated carbocycles. The summed E-state index contributed by atoms with van der Waals surface area (Å²) in [5, 5.41) is 0. The predicted molar refractivity (Wildman–Crippen MR) is 344 cm³/mol. The highest BCUT2D eigenvalue weighted by molar-refractivity contribution is 7.47. The summed E-state index contributed by atoms with van der Waals surface area (Å²) >= 11 is 0. The number of carbonyl (C=O) groups is 2. The summed E-state index contributed by atoms with van der Waals surface area (Å²) in [5.41, 5.74) is 0. The maximum Gasteiger partial charge on any atom is 0.472 e. The summed E-state index contributed by atoms with van der Waals surface area (Å²) in [6.45, 7) is 4.49. The third-order valence-corrected chi connectivity index (χ3v) is 16.6. The van der Waals surface area contributed by atoms with Crippen molar-refractivity contribution in [3.63, 3.8) is 0 Å². The number of carbonyl (C=O) groups excluding carboxylic acids is 2. The molecule has 0 aromatic rings. The maximum atomic E-state index is 12.9. The lowest BCUT2D eigenvalue weighted by Gasteiger charge is -2.24. The van der Waals surface area contributed by atoms with Crippen molar-refractivity contribution in [3.05, 3.63) is 36.5 Å². The fourth-order valence-electron chi connectivity index (χ4n) is 10.3. The quantitative estimate of drug-likeness (QED) is 0.0211. The van der Waals surface area contributed by atoms with Gasteiger partial charge in [0.05, 0.1) is 27.7 Å². The van der Waals surface area contributed by atoms with Crippen LogP contribution >= 0.6 is 7.82 Å². The van der Waals surface area contributed by atoms with Crippen LogP contribution in [0.1, 0.15) is 348 Å². The molecule has 0 heterocycles. The van der Waals surface area contributed by atoms with Crippen LogP contribution in [0.25, 0.3) is 0 Å². The van der Waals surface area contributed by atoms with Crippen molar-refractivity contribution in [2.45, 2.75) is 354 Å².